The first kappa shape index (κ1) is 18.6. The molecule has 3 rings (SSSR count). The Kier molecular flexibility index (Phi) is 5.23. The summed E-state index contributed by atoms with van der Waals surface area (Å²) in [5, 5.41) is 20.9. The van der Waals surface area contributed by atoms with E-state index in [0.29, 0.717) is 28.9 Å². The van der Waals surface area contributed by atoms with Crippen LogP contribution in [0.5, 0.6) is 0 Å². The second kappa shape index (κ2) is 7.59. The van der Waals surface area contributed by atoms with Crippen molar-refractivity contribution < 1.29 is 19.6 Å². The van der Waals surface area contributed by atoms with Crippen LogP contribution in [0.25, 0.3) is 10.9 Å². The number of nitro benzene ring substituents is 1. The predicted octanol–water partition coefficient (Wildman–Crippen LogP) is 4.30. The first-order valence-corrected chi connectivity index (χ1v) is 8.54. The molecule has 0 bridgehead atoms. The quantitative estimate of drug-likeness (QED) is 0.370. The molecule has 0 saturated heterocycles. The molecule has 0 saturated carbocycles. The molecule has 0 aliphatic carbocycles. The number of fused-ring (bicyclic) bond motifs is 1. The third kappa shape index (κ3) is 3.98. The van der Waals surface area contributed by atoms with E-state index in [-0.39, 0.29) is 23.5 Å². The Labute approximate surface area is 158 Å². The summed E-state index contributed by atoms with van der Waals surface area (Å²) < 4.78 is 1.80. The minimum atomic E-state index is -0.887. The molecule has 0 spiro atoms. The number of rotatable bonds is 7. The monoisotopic (exact) mass is 386 g/mol. The number of non-ortho nitro benzene ring substituents is 1. The molecule has 0 unspecified atom stereocenters. The number of carboxylic acids is 1. The number of nitrogens with zero attached hydrogens (tertiary/aromatic N) is 2. The highest BCUT2D eigenvalue weighted by molar-refractivity contribution is 6.31. The summed E-state index contributed by atoms with van der Waals surface area (Å²) in [6.07, 6.45) is 2.07. The van der Waals surface area contributed by atoms with Gasteiger partial charge in [0.1, 0.15) is 0 Å². The van der Waals surface area contributed by atoms with Gasteiger partial charge < -0.3 is 9.67 Å². The minimum Gasteiger partial charge on any atom is -0.481 e. The Hall–Kier alpha value is -3.19. The SMILES string of the molecule is O=C(O)CCCn1cc(C(=O)c2cccc([N+](=O)[O-])c2)c2cc(Cl)ccc21. The van der Waals surface area contributed by atoms with Crippen molar-refractivity contribution in [1.82, 2.24) is 4.57 Å². The van der Waals surface area contributed by atoms with Gasteiger partial charge in [-0.3, -0.25) is 19.7 Å². The number of carbonyl (C=O) groups excluding carboxylic acids is 1. The second-order valence-electron chi connectivity index (χ2n) is 6.03. The van der Waals surface area contributed by atoms with E-state index in [9.17, 15) is 19.7 Å². The van der Waals surface area contributed by atoms with Crippen LogP contribution in [0, 0.1) is 10.1 Å². The number of aromatic nitrogens is 1. The van der Waals surface area contributed by atoms with Crippen LogP contribution in [0.15, 0.2) is 48.7 Å². The maximum absolute atomic E-state index is 13.0. The van der Waals surface area contributed by atoms with Crippen LogP contribution in [0.4, 0.5) is 5.69 Å². The van der Waals surface area contributed by atoms with Crippen LogP contribution < -0.4 is 0 Å². The van der Waals surface area contributed by atoms with E-state index in [0.717, 1.165) is 5.52 Å². The van der Waals surface area contributed by atoms with Crippen molar-refractivity contribution in [2.75, 3.05) is 0 Å². The minimum absolute atomic E-state index is 0.0153. The van der Waals surface area contributed by atoms with E-state index in [2.05, 4.69) is 0 Å². The highest BCUT2D eigenvalue weighted by Crippen LogP contribution is 2.28. The number of hydrogen-bond donors (Lipinski definition) is 1. The van der Waals surface area contributed by atoms with E-state index in [4.69, 9.17) is 16.7 Å². The van der Waals surface area contributed by atoms with Crippen LogP contribution in [-0.4, -0.2) is 26.3 Å². The molecule has 8 heteroatoms. The average Bonchev–Trinajstić information content (AvgIpc) is 2.98. The van der Waals surface area contributed by atoms with E-state index in [1.807, 2.05) is 0 Å². The van der Waals surface area contributed by atoms with Gasteiger partial charge in [-0.15, -0.1) is 0 Å². The van der Waals surface area contributed by atoms with Crippen molar-refractivity contribution in [2.45, 2.75) is 19.4 Å². The fourth-order valence-corrected chi connectivity index (χ4v) is 3.12. The summed E-state index contributed by atoms with van der Waals surface area (Å²) in [5.74, 6) is -1.25. The van der Waals surface area contributed by atoms with Gasteiger partial charge in [-0.2, -0.15) is 0 Å². The van der Waals surface area contributed by atoms with Gasteiger partial charge in [0.05, 0.1) is 4.92 Å². The highest BCUT2D eigenvalue weighted by atomic mass is 35.5. The lowest BCUT2D eigenvalue weighted by molar-refractivity contribution is -0.384. The molecule has 1 N–H and O–H groups in total. The Balaban J connectivity index is 2.03. The van der Waals surface area contributed by atoms with E-state index >= 15 is 0 Å². The van der Waals surface area contributed by atoms with Crippen molar-refractivity contribution in [2.24, 2.45) is 0 Å². The third-order valence-electron chi connectivity index (χ3n) is 4.20. The van der Waals surface area contributed by atoms with E-state index < -0.39 is 10.9 Å². The van der Waals surface area contributed by atoms with Crippen molar-refractivity contribution in [3.05, 3.63) is 74.9 Å². The standard InChI is InChI=1S/C19H15ClN2O5/c20-13-6-7-17-15(10-13)16(11-21(17)8-2-5-18(23)24)19(25)12-3-1-4-14(9-12)22(26)27/h1,3-4,6-7,9-11H,2,5,8H2,(H,23,24). The summed E-state index contributed by atoms with van der Waals surface area (Å²) in [6.45, 7) is 0.423. The summed E-state index contributed by atoms with van der Waals surface area (Å²) in [6, 6.07) is 10.7. The van der Waals surface area contributed by atoms with Gasteiger partial charge >= 0.3 is 5.97 Å². The summed E-state index contributed by atoms with van der Waals surface area (Å²) >= 11 is 6.08. The lowest BCUT2D eigenvalue weighted by Gasteiger charge is -2.03. The topological polar surface area (TPSA) is 102 Å². The van der Waals surface area contributed by atoms with Crippen LogP contribution in [0.1, 0.15) is 28.8 Å². The highest BCUT2D eigenvalue weighted by Gasteiger charge is 2.19. The summed E-state index contributed by atoms with van der Waals surface area (Å²) in [5.41, 5.74) is 1.15. The number of ketones is 1. The van der Waals surface area contributed by atoms with Crippen LogP contribution >= 0.6 is 11.6 Å². The Morgan fingerprint density at radius 1 is 1.19 bits per heavy atom. The van der Waals surface area contributed by atoms with Crippen molar-refractivity contribution >= 4 is 39.9 Å². The molecule has 7 nitrogen and oxygen atoms in total. The average molecular weight is 387 g/mol. The molecule has 0 amide bonds. The molecule has 138 valence electrons. The number of carboxylic acid groups (broad SMARTS) is 1. The molecule has 2 aromatic carbocycles. The lowest BCUT2D eigenvalue weighted by atomic mass is 10.0. The van der Waals surface area contributed by atoms with Gasteiger partial charge in [-0.25, -0.2) is 0 Å². The Morgan fingerprint density at radius 3 is 2.67 bits per heavy atom. The molecule has 27 heavy (non-hydrogen) atoms. The molecule has 1 heterocycles. The molecule has 0 fully saturated rings. The summed E-state index contributed by atoms with van der Waals surface area (Å²) in [7, 11) is 0. The normalized spacial score (nSPS) is 10.9. The fourth-order valence-electron chi connectivity index (χ4n) is 2.95. The number of nitro groups is 1. The predicted molar refractivity (Wildman–Crippen MR) is 100 cm³/mol. The molecule has 0 radical (unpaired) electrons. The number of halogens is 1. The first-order chi connectivity index (χ1) is 12.9. The van der Waals surface area contributed by atoms with Crippen molar-refractivity contribution in [1.29, 1.82) is 0 Å². The van der Waals surface area contributed by atoms with Gasteiger partial charge in [0, 0.05) is 58.3 Å². The largest absolute Gasteiger partial charge is 0.481 e. The van der Waals surface area contributed by atoms with Gasteiger partial charge in [0.2, 0.25) is 0 Å². The van der Waals surface area contributed by atoms with Crippen molar-refractivity contribution in [3.63, 3.8) is 0 Å². The molecule has 3 aromatic rings. The number of hydrogen-bond acceptors (Lipinski definition) is 4. The molecular formula is C19H15ClN2O5. The maximum atomic E-state index is 13.0. The molecule has 1 aromatic heterocycles. The van der Waals surface area contributed by atoms with Crippen LogP contribution in [0.2, 0.25) is 5.02 Å². The van der Waals surface area contributed by atoms with Gasteiger partial charge in [-0.1, -0.05) is 23.7 Å². The zero-order chi connectivity index (χ0) is 19.6. The van der Waals surface area contributed by atoms with E-state index in [1.54, 1.807) is 29.0 Å². The first-order valence-electron chi connectivity index (χ1n) is 8.16. The zero-order valence-corrected chi connectivity index (χ0v) is 14.8. The van der Waals surface area contributed by atoms with Crippen LogP contribution in [-0.2, 0) is 11.3 Å². The van der Waals surface area contributed by atoms with E-state index in [1.165, 1.54) is 24.3 Å². The Bertz CT molecular complexity index is 1060. The number of benzene rings is 2. The zero-order valence-electron chi connectivity index (χ0n) is 14.1. The maximum Gasteiger partial charge on any atom is 0.303 e. The van der Waals surface area contributed by atoms with Gasteiger partial charge in [0.15, 0.2) is 5.78 Å². The molecule has 0 aliphatic rings. The smallest absolute Gasteiger partial charge is 0.303 e. The fraction of sp³-hybridized carbons (Fsp3) is 0.158. The van der Waals surface area contributed by atoms with Gasteiger partial charge in [0.25, 0.3) is 5.69 Å². The molecule has 0 atom stereocenters. The second-order valence-corrected chi connectivity index (χ2v) is 6.47. The molecule has 0 aliphatic heterocycles. The van der Waals surface area contributed by atoms with Crippen LogP contribution in [0.3, 0.4) is 0 Å². The van der Waals surface area contributed by atoms with Crippen molar-refractivity contribution in [3.8, 4) is 0 Å². The number of aryl methyl sites for hydroxylation is 1. The number of carbonyl (C=O) groups is 2. The molecular weight excluding hydrogens is 372 g/mol. The Morgan fingerprint density at radius 2 is 1.96 bits per heavy atom. The third-order valence-corrected chi connectivity index (χ3v) is 4.43. The number of aliphatic carboxylic acids is 1. The van der Waals surface area contributed by atoms with Gasteiger partial charge in [-0.05, 0) is 24.6 Å². The summed E-state index contributed by atoms with van der Waals surface area (Å²) in [4.78, 5) is 34.1. The lowest BCUT2D eigenvalue weighted by Crippen LogP contribution is -2.03.